The van der Waals surface area contributed by atoms with Crippen molar-refractivity contribution in [2.24, 2.45) is 5.10 Å². The van der Waals surface area contributed by atoms with Crippen LogP contribution in [0.1, 0.15) is 23.6 Å². The summed E-state index contributed by atoms with van der Waals surface area (Å²) in [5, 5.41) is 5.09. The van der Waals surface area contributed by atoms with Crippen LogP contribution in [0.25, 0.3) is 0 Å². The summed E-state index contributed by atoms with van der Waals surface area (Å²) in [5.41, 5.74) is 5.40. The fraction of sp³-hybridized carbons (Fsp3) is 0.200. The third kappa shape index (κ3) is 8.00. The SMILES string of the molecule is CCOc1cc(/C=N\NC(=O)CSc2ccc(Cl)cc2)cc(Cl)c1OCc1cccc(C)c1. The predicted molar refractivity (Wildman–Crippen MR) is 136 cm³/mol. The Balaban J connectivity index is 1.60. The predicted octanol–water partition coefficient (Wildman–Crippen LogP) is 6.52. The summed E-state index contributed by atoms with van der Waals surface area (Å²) in [6.07, 6.45) is 1.52. The first-order valence-electron chi connectivity index (χ1n) is 10.3. The van der Waals surface area contributed by atoms with Crippen LogP contribution in [0.3, 0.4) is 0 Å². The molecule has 0 unspecified atom stereocenters. The van der Waals surface area contributed by atoms with E-state index in [0.717, 1.165) is 16.0 Å². The molecule has 0 atom stereocenters. The molecule has 0 heterocycles. The molecule has 3 aromatic carbocycles. The van der Waals surface area contributed by atoms with Crippen LogP contribution in [0.15, 0.2) is 70.7 Å². The highest BCUT2D eigenvalue weighted by Gasteiger charge is 2.13. The molecule has 0 aliphatic carbocycles. The molecule has 0 aromatic heterocycles. The third-order valence-electron chi connectivity index (χ3n) is 4.38. The van der Waals surface area contributed by atoms with E-state index in [1.165, 1.54) is 18.0 Å². The molecule has 1 N–H and O–H groups in total. The fourth-order valence-electron chi connectivity index (χ4n) is 2.91. The van der Waals surface area contributed by atoms with Crippen molar-refractivity contribution >= 4 is 47.1 Å². The Kier molecular flexibility index (Phi) is 9.48. The number of carbonyl (C=O) groups excluding carboxylic acids is 1. The van der Waals surface area contributed by atoms with Gasteiger partial charge in [0.05, 0.1) is 23.6 Å². The minimum Gasteiger partial charge on any atom is -0.490 e. The fourth-order valence-corrected chi connectivity index (χ4v) is 4.00. The van der Waals surface area contributed by atoms with Crippen LogP contribution in [0.4, 0.5) is 0 Å². The quantitative estimate of drug-likeness (QED) is 0.194. The molecular weight excluding hydrogens is 479 g/mol. The lowest BCUT2D eigenvalue weighted by atomic mass is 10.1. The lowest BCUT2D eigenvalue weighted by Gasteiger charge is -2.14. The van der Waals surface area contributed by atoms with E-state index in [4.69, 9.17) is 32.7 Å². The van der Waals surface area contributed by atoms with E-state index >= 15 is 0 Å². The van der Waals surface area contributed by atoms with Crippen molar-refractivity contribution in [1.82, 2.24) is 5.43 Å². The number of aryl methyl sites for hydroxylation is 1. The van der Waals surface area contributed by atoms with Gasteiger partial charge < -0.3 is 9.47 Å². The lowest BCUT2D eigenvalue weighted by Crippen LogP contribution is -2.19. The summed E-state index contributed by atoms with van der Waals surface area (Å²) >= 11 is 13.7. The molecule has 0 fully saturated rings. The minimum absolute atomic E-state index is 0.222. The van der Waals surface area contributed by atoms with E-state index in [1.807, 2.05) is 44.2 Å². The van der Waals surface area contributed by atoms with Crippen LogP contribution >= 0.6 is 35.0 Å². The van der Waals surface area contributed by atoms with Crippen molar-refractivity contribution in [3.8, 4) is 11.5 Å². The van der Waals surface area contributed by atoms with Gasteiger partial charge in [0.15, 0.2) is 11.5 Å². The average Bonchev–Trinajstić information content (AvgIpc) is 2.78. The molecule has 5 nitrogen and oxygen atoms in total. The van der Waals surface area contributed by atoms with Gasteiger partial charge >= 0.3 is 0 Å². The first kappa shape index (κ1) is 25.0. The highest BCUT2D eigenvalue weighted by Crippen LogP contribution is 2.37. The number of nitrogens with zero attached hydrogens (tertiary/aromatic N) is 1. The number of rotatable bonds is 10. The molecule has 1 amide bonds. The minimum atomic E-state index is -0.222. The van der Waals surface area contributed by atoms with Gasteiger partial charge in [0.2, 0.25) is 5.91 Å². The van der Waals surface area contributed by atoms with Gasteiger partial charge in [-0.15, -0.1) is 11.8 Å². The highest BCUT2D eigenvalue weighted by atomic mass is 35.5. The Hall–Kier alpha value is -2.67. The number of halogens is 2. The molecular formula is C25H24Cl2N2O3S. The molecule has 0 spiro atoms. The van der Waals surface area contributed by atoms with Crippen LogP contribution in [0.5, 0.6) is 11.5 Å². The number of hydrogen-bond acceptors (Lipinski definition) is 5. The second-order valence-electron chi connectivity index (χ2n) is 7.08. The summed E-state index contributed by atoms with van der Waals surface area (Å²) in [6.45, 7) is 4.75. The normalized spacial score (nSPS) is 10.9. The second kappa shape index (κ2) is 12.5. The van der Waals surface area contributed by atoms with Crippen LogP contribution in [0.2, 0.25) is 10.0 Å². The molecule has 172 valence electrons. The van der Waals surface area contributed by atoms with E-state index in [1.54, 1.807) is 24.3 Å². The molecule has 3 aromatic rings. The smallest absolute Gasteiger partial charge is 0.250 e. The monoisotopic (exact) mass is 502 g/mol. The Bertz CT molecular complexity index is 1120. The first-order chi connectivity index (χ1) is 15.9. The molecule has 8 heteroatoms. The summed E-state index contributed by atoms with van der Waals surface area (Å²) in [7, 11) is 0. The zero-order valence-corrected chi connectivity index (χ0v) is 20.6. The summed E-state index contributed by atoms with van der Waals surface area (Å²) in [5.74, 6) is 1.00. The van der Waals surface area contributed by atoms with Crippen LogP contribution in [-0.2, 0) is 11.4 Å². The number of ether oxygens (including phenoxy) is 2. The first-order valence-corrected chi connectivity index (χ1v) is 12.0. The van der Waals surface area contributed by atoms with Crippen molar-refractivity contribution in [1.29, 1.82) is 0 Å². The number of hydrazone groups is 1. The Labute approximate surface area is 208 Å². The number of nitrogens with one attached hydrogen (secondary N) is 1. The number of benzene rings is 3. The summed E-state index contributed by atoms with van der Waals surface area (Å²) in [6, 6.07) is 18.9. The highest BCUT2D eigenvalue weighted by molar-refractivity contribution is 8.00. The van der Waals surface area contributed by atoms with Gasteiger partial charge in [-0.3, -0.25) is 4.79 Å². The molecule has 0 saturated carbocycles. The zero-order valence-electron chi connectivity index (χ0n) is 18.3. The van der Waals surface area contributed by atoms with E-state index in [0.29, 0.717) is 40.3 Å². The number of amides is 1. The average molecular weight is 503 g/mol. The van der Waals surface area contributed by atoms with E-state index in [-0.39, 0.29) is 11.7 Å². The van der Waals surface area contributed by atoms with Crippen LogP contribution in [-0.4, -0.2) is 24.5 Å². The van der Waals surface area contributed by atoms with Crippen molar-refractivity contribution < 1.29 is 14.3 Å². The van der Waals surface area contributed by atoms with Gasteiger partial charge in [0.25, 0.3) is 0 Å². The largest absolute Gasteiger partial charge is 0.490 e. The molecule has 0 radical (unpaired) electrons. The molecule has 3 rings (SSSR count). The maximum absolute atomic E-state index is 12.1. The molecule has 0 aliphatic heterocycles. The topological polar surface area (TPSA) is 59.9 Å². The number of carbonyl (C=O) groups is 1. The van der Waals surface area contributed by atoms with Crippen molar-refractivity contribution in [2.45, 2.75) is 25.3 Å². The zero-order chi connectivity index (χ0) is 23.6. The molecule has 33 heavy (non-hydrogen) atoms. The molecule has 0 saturated heterocycles. The number of thioether (sulfide) groups is 1. The van der Waals surface area contributed by atoms with Crippen molar-refractivity contribution in [2.75, 3.05) is 12.4 Å². The summed E-state index contributed by atoms with van der Waals surface area (Å²) in [4.78, 5) is 13.0. The van der Waals surface area contributed by atoms with Crippen LogP contribution < -0.4 is 14.9 Å². The van der Waals surface area contributed by atoms with Crippen molar-refractivity contribution in [3.63, 3.8) is 0 Å². The van der Waals surface area contributed by atoms with E-state index in [9.17, 15) is 4.79 Å². The van der Waals surface area contributed by atoms with E-state index in [2.05, 4.69) is 16.6 Å². The lowest BCUT2D eigenvalue weighted by molar-refractivity contribution is -0.118. The van der Waals surface area contributed by atoms with Gasteiger partial charge in [-0.25, -0.2) is 5.43 Å². The second-order valence-corrected chi connectivity index (χ2v) is 8.97. The van der Waals surface area contributed by atoms with Gasteiger partial charge in [0, 0.05) is 9.92 Å². The third-order valence-corrected chi connectivity index (χ3v) is 5.93. The maximum atomic E-state index is 12.1. The number of hydrogen-bond donors (Lipinski definition) is 1. The standard InChI is InChI=1S/C25H24Cl2N2O3S/c1-3-31-23-13-19(12-22(27)25(23)32-15-18-6-4-5-17(2)11-18)14-28-29-24(30)16-33-21-9-7-20(26)8-10-21/h4-14H,3,15-16H2,1-2H3,(H,29,30)/b28-14-. The van der Waals surface area contributed by atoms with Crippen molar-refractivity contribution in [3.05, 3.63) is 87.4 Å². The Morgan fingerprint density at radius 2 is 1.88 bits per heavy atom. The summed E-state index contributed by atoms with van der Waals surface area (Å²) < 4.78 is 11.7. The Morgan fingerprint density at radius 1 is 1.09 bits per heavy atom. The van der Waals surface area contributed by atoms with Gasteiger partial charge in [-0.05, 0) is 61.4 Å². The molecule has 0 aliphatic rings. The van der Waals surface area contributed by atoms with Gasteiger partial charge in [-0.1, -0.05) is 53.0 Å². The van der Waals surface area contributed by atoms with Gasteiger partial charge in [-0.2, -0.15) is 5.10 Å². The molecule has 0 bridgehead atoms. The van der Waals surface area contributed by atoms with Crippen LogP contribution in [0, 0.1) is 6.92 Å². The Morgan fingerprint density at radius 3 is 2.61 bits per heavy atom. The van der Waals surface area contributed by atoms with E-state index < -0.39 is 0 Å². The maximum Gasteiger partial charge on any atom is 0.250 e. The van der Waals surface area contributed by atoms with Gasteiger partial charge in [0.1, 0.15) is 6.61 Å².